The Morgan fingerprint density at radius 1 is 1.12 bits per heavy atom. The van der Waals surface area contributed by atoms with Crippen molar-refractivity contribution in [3.8, 4) is 6.07 Å². The summed E-state index contributed by atoms with van der Waals surface area (Å²) >= 11 is 1.44. The smallest absolute Gasteiger partial charge is 0.257 e. The van der Waals surface area contributed by atoms with Crippen molar-refractivity contribution in [3.05, 3.63) is 87.9 Å². The van der Waals surface area contributed by atoms with Gasteiger partial charge in [0, 0.05) is 10.6 Å². The van der Waals surface area contributed by atoms with Crippen LogP contribution >= 0.6 is 11.3 Å². The molecule has 0 aliphatic heterocycles. The van der Waals surface area contributed by atoms with Gasteiger partial charge in [0.05, 0.1) is 17.2 Å². The molecule has 0 fully saturated rings. The summed E-state index contributed by atoms with van der Waals surface area (Å²) in [6.45, 7) is 0. The lowest BCUT2D eigenvalue weighted by atomic mass is 10.1. The Labute approximate surface area is 148 Å². The maximum absolute atomic E-state index is 13.1. The average Bonchev–Trinajstić information content (AvgIpc) is 3.15. The van der Waals surface area contributed by atoms with Gasteiger partial charge in [-0.15, -0.1) is 11.3 Å². The van der Waals surface area contributed by atoms with Crippen LogP contribution in [0.1, 0.15) is 16.0 Å². The van der Waals surface area contributed by atoms with Gasteiger partial charge in [-0.2, -0.15) is 5.26 Å². The molecule has 0 atom stereocenters. The molecular formula is C20H13FN2OS. The molecule has 0 saturated heterocycles. The summed E-state index contributed by atoms with van der Waals surface area (Å²) in [5.74, 6) is -0.616. The highest BCUT2D eigenvalue weighted by molar-refractivity contribution is 7.11. The van der Waals surface area contributed by atoms with Gasteiger partial charge < -0.3 is 5.32 Å². The first-order chi connectivity index (χ1) is 12.2. The van der Waals surface area contributed by atoms with Crippen LogP contribution in [0.25, 0.3) is 11.6 Å². The van der Waals surface area contributed by atoms with Crippen molar-refractivity contribution >= 4 is 34.6 Å². The molecule has 1 aromatic heterocycles. The maximum atomic E-state index is 13.1. The first-order valence-corrected chi connectivity index (χ1v) is 8.36. The quantitative estimate of drug-likeness (QED) is 0.679. The van der Waals surface area contributed by atoms with Crippen LogP contribution in [0.15, 0.2) is 66.0 Å². The highest BCUT2D eigenvalue weighted by atomic mass is 32.1. The largest absolute Gasteiger partial charge is 0.322 e. The van der Waals surface area contributed by atoms with Gasteiger partial charge in [0.25, 0.3) is 5.91 Å². The van der Waals surface area contributed by atoms with Gasteiger partial charge >= 0.3 is 0 Å². The lowest BCUT2D eigenvalue weighted by molar-refractivity contribution is -0.111. The van der Waals surface area contributed by atoms with E-state index in [9.17, 15) is 9.18 Å². The number of rotatable bonds is 4. The van der Waals surface area contributed by atoms with Crippen molar-refractivity contribution in [1.29, 1.82) is 5.26 Å². The molecule has 0 aliphatic rings. The third-order valence-electron chi connectivity index (χ3n) is 3.46. The minimum absolute atomic E-state index is 0.290. The number of nitrogens with one attached hydrogen (secondary N) is 1. The fourth-order valence-electron chi connectivity index (χ4n) is 2.27. The van der Waals surface area contributed by atoms with Crippen molar-refractivity contribution in [2.75, 3.05) is 5.32 Å². The number of thiophene rings is 1. The van der Waals surface area contributed by atoms with E-state index in [4.69, 9.17) is 5.26 Å². The van der Waals surface area contributed by atoms with Crippen LogP contribution in [0.2, 0.25) is 0 Å². The molecule has 1 heterocycles. The highest BCUT2D eigenvalue weighted by Gasteiger charge is 2.14. The van der Waals surface area contributed by atoms with E-state index in [1.807, 2.05) is 23.6 Å². The van der Waals surface area contributed by atoms with E-state index in [0.717, 1.165) is 10.4 Å². The molecule has 1 amide bonds. The Kier molecular flexibility index (Phi) is 5.03. The molecule has 0 aliphatic carbocycles. The average molecular weight is 348 g/mol. The molecule has 122 valence electrons. The van der Waals surface area contributed by atoms with E-state index in [1.54, 1.807) is 42.5 Å². The summed E-state index contributed by atoms with van der Waals surface area (Å²) in [5.41, 5.74) is 2.22. The van der Waals surface area contributed by atoms with E-state index < -0.39 is 0 Å². The second-order valence-corrected chi connectivity index (χ2v) is 6.18. The highest BCUT2D eigenvalue weighted by Crippen LogP contribution is 2.25. The second kappa shape index (κ2) is 7.56. The monoisotopic (exact) mass is 348 g/mol. The SMILES string of the molecule is N#Cc1cccc(NC(=O)/C(=C/c2ccc(F)cc2)c2cccs2)c1. The molecule has 5 heteroatoms. The number of nitrogens with zero attached hydrogens (tertiary/aromatic N) is 1. The Balaban J connectivity index is 1.93. The van der Waals surface area contributed by atoms with Crippen LogP contribution in [0.5, 0.6) is 0 Å². The zero-order chi connectivity index (χ0) is 17.6. The molecule has 3 rings (SSSR count). The zero-order valence-corrected chi connectivity index (χ0v) is 13.9. The van der Waals surface area contributed by atoms with Gasteiger partial charge in [-0.1, -0.05) is 24.3 Å². The summed E-state index contributed by atoms with van der Waals surface area (Å²) in [7, 11) is 0. The summed E-state index contributed by atoms with van der Waals surface area (Å²) in [4.78, 5) is 13.6. The Morgan fingerprint density at radius 3 is 2.60 bits per heavy atom. The molecule has 0 unspecified atom stereocenters. The molecule has 0 saturated carbocycles. The summed E-state index contributed by atoms with van der Waals surface area (Å²) in [6, 6.07) is 18.4. The summed E-state index contributed by atoms with van der Waals surface area (Å²) in [5, 5.41) is 13.7. The van der Waals surface area contributed by atoms with E-state index in [2.05, 4.69) is 5.32 Å². The van der Waals surface area contributed by atoms with Crippen molar-refractivity contribution in [2.45, 2.75) is 0 Å². The van der Waals surface area contributed by atoms with Gasteiger partial charge in [0.2, 0.25) is 0 Å². The number of amides is 1. The number of hydrogen-bond acceptors (Lipinski definition) is 3. The van der Waals surface area contributed by atoms with Gasteiger partial charge in [-0.05, 0) is 53.4 Å². The van der Waals surface area contributed by atoms with Gasteiger partial charge in [-0.25, -0.2) is 4.39 Å². The molecule has 0 radical (unpaired) electrons. The fourth-order valence-corrected chi connectivity index (χ4v) is 3.01. The number of nitriles is 1. The number of hydrogen-bond donors (Lipinski definition) is 1. The number of anilines is 1. The van der Waals surface area contributed by atoms with Gasteiger partial charge in [-0.3, -0.25) is 4.79 Å². The van der Waals surface area contributed by atoms with E-state index >= 15 is 0 Å². The van der Waals surface area contributed by atoms with Crippen molar-refractivity contribution in [1.82, 2.24) is 0 Å². The van der Waals surface area contributed by atoms with Crippen LogP contribution in [0, 0.1) is 17.1 Å². The van der Waals surface area contributed by atoms with Crippen molar-refractivity contribution in [3.63, 3.8) is 0 Å². The van der Waals surface area contributed by atoms with Crippen LogP contribution in [0.3, 0.4) is 0 Å². The summed E-state index contributed by atoms with van der Waals surface area (Å²) < 4.78 is 13.1. The standard InChI is InChI=1S/C20H13FN2OS/c21-16-8-6-14(7-9-16)12-18(19-5-2-10-25-19)20(24)23-17-4-1-3-15(11-17)13-22/h1-12H,(H,23,24)/b18-12+. The van der Waals surface area contributed by atoms with Crippen LogP contribution < -0.4 is 5.32 Å². The molecule has 0 spiro atoms. The Bertz CT molecular complexity index is 954. The predicted molar refractivity (Wildman–Crippen MR) is 98.4 cm³/mol. The topological polar surface area (TPSA) is 52.9 Å². The van der Waals surface area contributed by atoms with Crippen molar-refractivity contribution in [2.24, 2.45) is 0 Å². The molecule has 1 N–H and O–H groups in total. The lowest BCUT2D eigenvalue weighted by Gasteiger charge is -2.08. The number of halogens is 1. The van der Waals surface area contributed by atoms with Gasteiger partial charge in [0.1, 0.15) is 5.82 Å². The summed E-state index contributed by atoms with van der Waals surface area (Å²) in [6.07, 6.45) is 1.72. The van der Waals surface area contributed by atoms with Crippen LogP contribution in [-0.4, -0.2) is 5.91 Å². The van der Waals surface area contributed by atoms with E-state index in [-0.39, 0.29) is 11.7 Å². The Hall–Kier alpha value is -3.23. The zero-order valence-electron chi connectivity index (χ0n) is 13.1. The third kappa shape index (κ3) is 4.19. The fraction of sp³-hybridized carbons (Fsp3) is 0. The maximum Gasteiger partial charge on any atom is 0.257 e. The predicted octanol–water partition coefficient (Wildman–Crippen LogP) is 4.94. The number of carbonyl (C=O) groups is 1. The van der Waals surface area contributed by atoms with Gasteiger partial charge in [0.15, 0.2) is 0 Å². The van der Waals surface area contributed by atoms with E-state index in [0.29, 0.717) is 16.8 Å². The lowest BCUT2D eigenvalue weighted by Crippen LogP contribution is -2.13. The van der Waals surface area contributed by atoms with Crippen LogP contribution in [0.4, 0.5) is 10.1 Å². The minimum Gasteiger partial charge on any atom is -0.322 e. The first kappa shape index (κ1) is 16.6. The molecule has 3 aromatic rings. The number of benzene rings is 2. The molecule has 3 nitrogen and oxygen atoms in total. The first-order valence-electron chi connectivity index (χ1n) is 7.48. The Morgan fingerprint density at radius 2 is 1.92 bits per heavy atom. The normalized spacial score (nSPS) is 11.0. The van der Waals surface area contributed by atoms with Crippen LogP contribution in [-0.2, 0) is 4.79 Å². The second-order valence-electron chi connectivity index (χ2n) is 5.23. The molecular weight excluding hydrogens is 335 g/mol. The van der Waals surface area contributed by atoms with Crippen molar-refractivity contribution < 1.29 is 9.18 Å². The minimum atomic E-state index is -0.326. The van der Waals surface area contributed by atoms with E-state index in [1.165, 1.54) is 23.5 Å². The molecule has 0 bridgehead atoms. The molecule has 2 aromatic carbocycles. The molecule has 25 heavy (non-hydrogen) atoms. The third-order valence-corrected chi connectivity index (χ3v) is 4.36. The number of carbonyl (C=O) groups excluding carboxylic acids is 1.